The van der Waals surface area contributed by atoms with Crippen molar-refractivity contribution in [3.05, 3.63) is 12.7 Å². The van der Waals surface area contributed by atoms with E-state index in [-0.39, 0.29) is 0 Å². The average Bonchev–Trinajstić information content (AvgIpc) is 2.20. The summed E-state index contributed by atoms with van der Waals surface area (Å²) < 4.78 is 0. The Kier molecular flexibility index (Phi) is 7.03. The molecule has 0 aliphatic heterocycles. The van der Waals surface area contributed by atoms with Gasteiger partial charge in [0.1, 0.15) is 0 Å². The van der Waals surface area contributed by atoms with Crippen molar-refractivity contribution < 1.29 is 0 Å². The highest BCUT2D eigenvalue weighted by Gasteiger charge is 2.23. The molecule has 0 saturated carbocycles. The molecule has 0 rings (SSSR count). The first kappa shape index (κ1) is 12.7. The van der Waals surface area contributed by atoms with E-state index in [4.69, 9.17) is 0 Å². The lowest BCUT2D eigenvalue weighted by atomic mass is 9.74. The summed E-state index contributed by atoms with van der Waals surface area (Å²) in [5, 5.41) is 0. The van der Waals surface area contributed by atoms with Crippen LogP contribution in [0.25, 0.3) is 0 Å². The van der Waals surface area contributed by atoms with Crippen LogP contribution in [-0.2, 0) is 0 Å². The minimum absolute atomic E-state index is 0.615. The van der Waals surface area contributed by atoms with Crippen molar-refractivity contribution in [2.45, 2.75) is 65.7 Å². The Morgan fingerprint density at radius 1 is 1.08 bits per heavy atom. The molecular weight excluding hydrogens is 156 g/mol. The molecule has 13 heavy (non-hydrogen) atoms. The standard InChI is InChI=1S/C13H26/c1-5-9-11-13(7-3,8-4)12-10-6-2/h5H,1,6-12H2,2-4H3. The fraction of sp³-hybridized carbons (Fsp3) is 0.846. The highest BCUT2D eigenvalue weighted by molar-refractivity contribution is 4.80. The van der Waals surface area contributed by atoms with Crippen molar-refractivity contribution in [2.24, 2.45) is 5.41 Å². The molecule has 0 aromatic carbocycles. The number of unbranched alkanes of at least 4 members (excludes halogenated alkanes) is 1. The van der Waals surface area contributed by atoms with Gasteiger partial charge in [-0.3, -0.25) is 0 Å². The summed E-state index contributed by atoms with van der Waals surface area (Å²) in [5.41, 5.74) is 0.615. The van der Waals surface area contributed by atoms with Crippen molar-refractivity contribution in [1.29, 1.82) is 0 Å². The second-order valence-corrected chi connectivity index (χ2v) is 4.14. The third kappa shape index (κ3) is 4.50. The Balaban J connectivity index is 4.04. The molecule has 0 aromatic rings. The molecule has 0 amide bonds. The Hall–Kier alpha value is -0.260. The van der Waals surface area contributed by atoms with Gasteiger partial charge in [-0.15, -0.1) is 6.58 Å². The van der Waals surface area contributed by atoms with Gasteiger partial charge in [0.2, 0.25) is 0 Å². The van der Waals surface area contributed by atoms with E-state index in [1.165, 1.54) is 44.9 Å². The molecule has 0 aromatic heterocycles. The lowest BCUT2D eigenvalue weighted by Gasteiger charge is -2.31. The fourth-order valence-electron chi connectivity index (χ4n) is 2.04. The monoisotopic (exact) mass is 182 g/mol. The predicted octanol–water partition coefficient (Wildman–Crippen LogP) is 4.95. The van der Waals surface area contributed by atoms with Gasteiger partial charge in [0, 0.05) is 0 Å². The summed E-state index contributed by atoms with van der Waals surface area (Å²) in [5.74, 6) is 0. The number of rotatable bonds is 8. The highest BCUT2D eigenvalue weighted by atomic mass is 14.3. The Bertz CT molecular complexity index is 120. The van der Waals surface area contributed by atoms with E-state index in [1.807, 2.05) is 0 Å². The molecule has 0 fully saturated rings. The van der Waals surface area contributed by atoms with E-state index in [0.29, 0.717) is 5.41 Å². The molecule has 0 unspecified atom stereocenters. The smallest absolute Gasteiger partial charge is 0.0300 e. The highest BCUT2D eigenvalue weighted by Crippen LogP contribution is 2.37. The van der Waals surface area contributed by atoms with Crippen molar-refractivity contribution >= 4 is 0 Å². The van der Waals surface area contributed by atoms with Gasteiger partial charge in [-0.05, 0) is 24.7 Å². The number of hydrogen-bond donors (Lipinski definition) is 0. The molecule has 0 saturated heterocycles. The molecule has 78 valence electrons. The zero-order chi connectivity index (χ0) is 10.2. The molecule has 0 aliphatic rings. The minimum Gasteiger partial charge on any atom is -0.103 e. The first-order chi connectivity index (χ1) is 6.24. The van der Waals surface area contributed by atoms with Crippen molar-refractivity contribution in [3.8, 4) is 0 Å². The topological polar surface area (TPSA) is 0 Å². The van der Waals surface area contributed by atoms with Gasteiger partial charge < -0.3 is 0 Å². The van der Waals surface area contributed by atoms with Crippen LogP contribution in [0, 0.1) is 5.41 Å². The summed E-state index contributed by atoms with van der Waals surface area (Å²) in [6.45, 7) is 10.8. The van der Waals surface area contributed by atoms with Gasteiger partial charge in [0.15, 0.2) is 0 Å². The van der Waals surface area contributed by atoms with E-state index in [2.05, 4.69) is 33.4 Å². The molecule has 0 bridgehead atoms. The van der Waals surface area contributed by atoms with Crippen LogP contribution in [0.15, 0.2) is 12.7 Å². The van der Waals surface area contributed by atoms with Gasteiger partial charge >= 0.3 is 0 Å². The summed E-state index contributed by atoms with van der Waals surface area (Å²) >= 11 is 0. The normalized spacial score (nSPS) is 11.6. The van der Waals surface area contributed by atoms with Crippen LogP contribution in [0.4, 0.5) is 0 Å². The maximum Gasteiger partial charge on any atom is -0.0300 e. The molecule has 0 atom stereocenters. The fourth-order valence-corrected chi connectivity index (χ4v) is 2.04. The lowest BCUT2D eigenvalue weighted by Crippen LogP contribution is -2.18. The van der Waals surface area contributed by atoms with Gasteiger partial charge in [-0.25, -0.2) is 0 Å². The lowest BCUT2D eigenvalue weighted by molar-refractivity contribution is 0.214. The van der Waals surface area contributed by atoms with Gasteiger partial charge in [-0.2, -0.15) is 0 Å². The third-order valence-corrected chi connectivity index (χ3v) is 3.44. The van der Waals surface area contributed by atoms with Crippen LogP contribution in [0.5, 0.6) is 0 Å². The first-order valence-electron chi connectivity index (χ1n) is 5.85. The summed E-state index contributed by atoms with van der Waals surface area (Å²) in [6, 6.07) is 0. The van der Waals surface area contributed by atoms with Gasteiger partial charge in [0.05, 0.1) is 0 Å². The Morgan fingerprint density at radius 2 is 1.69 bits per heavy atom. The zero-order valence-corrected chi connectivity index (χ0v) is 9.73. The van der Waals surface area contributed by atoms with E-state index < -0.39 is 0 Å². The van der Waals surface area contributed by atoms with E-state index >= 15 is 0 Å². The van der Waals surface area contributed by atoms with Crippen LogP contribution in [0.2, 0.25) is 0 Å². The molecule has 0 aliphatic carbocycles. The van der Waals surface area contributed by atoms with Crippen LogP contribution in [0.1, 0.15) is 65.7 Å². The van der Waals surface area contributed by atoms with Crippen LogP contribution < -0.4 is 0 Å². The second kappa shape index (κ2) is 7.17. The number of allylic oxidation sites excluding steroid dienone is 1. The van der Waals surface area contributed by atoms with Crippen molar-refractivity contribution in [1.82, 2.24) is 0 Å². The minimum atomic E-state index is 0.615. The molecular formula is C13H26. The first-order valence-corrected chi connectivity index (χ1v) is 5.85. The molecule has 0 heteroatoms. The van der Waals surface area contributed by atoms with Crippen molar-refractivity contribution in [3.63, 3.8) is 0 Å². The summed E-state index contributed by atoms with van der Waals surface area (Å²) in [4.78, 5) is 0. The quantitative estimate of drug-likeness (QED) is 0.466. The Morgan fingerprint density at radius 3 is 2.08 bits per heavy atom. The largest absolute Gasteiger partial charge is 0.103 e. The van der Waals surface area contributed by atoms with Gasteiger partial charge in [-0.1, -0.05) is 52.5 Å². The predicted molar refractivity (Wildman–Crippen MR) is 62.0 cm³/mol. The van der Waals surface area contributed by atoms with E-state index in [1.54, 1.807) is 0 Å². The third-order valence-electron chi connectivity index (χ3n) is 3.44. The van der Waals surface area contributed by atoms with E-state index in [0.717, 1.165) is 0 Å². The maximum atomic E-state index is 3.81. The molecule has 0 radical (unpaired) electrons. The molecule has 0 nitrogen and oxygen atoms in total. The van der Waals surface area contributed by atoms with Crippen LogP contribution in [-0.4, -0.2) is 0 Å². The second-order valence-electron chi connectivity index (χ2n) is 4.14. The molecule has 0 heterocycles. The van der Waals surface area contributed by atoms with Crippen molar-refractivity contribution in [2.75, 3.05) is 0 Å². The van der Waals surface area contributed by atoms with Crippen LogP contribution in [0.3, 0.4) is 0 Å². The molecule has 0 N–H and O–H groups in total. The zero-order valence-electron chi connectivity index (χ0n) is 9.73. The summed E-state index contributed by atoms with van der Waals surface area (Å²) in [6.07, 6.45) is 11.4. The number of hydrogen-bond acceptors (Lipinski definition) is 0. The molecule has 0 spiro atoms. The van der Waals surface area contributed by atoms with E-state index in [9.17, 15) is 0 Å². The van der Waals surface area contributed by atoms with Gasteiger partial charge in [0.25, 0.3) is 0 Å². The Labute approximate surface area is 84.4 Å². The average molecular weight is 182 g/mol. The SMILES string of the molecule is C=CCCC(CC)(CC)CCCC. The maximum absolute atomic E-state index is 3.81. The van der Waals surface area contributed by atoms with Crippen LogP contribution >= 0.6 is 0 Å². The summed E-state index contributed by atoms with van der Waals surface area (Å²) in [7, 11) is 0.